The minimum absolute atomic E-state index is 0.974. The third-order valence-electron chi connectivity index (χ3n) is 10.5. The molecule has 0 bridgehead atoms. The second-order valence-corrected chi connectivity index (χ2v) is 18.4. The average molecular weight is 668 g/mol. The minimum atomic E-state index is -1.73. The first-order valence-electron chi connectivity index (χ1n) is 17.7. The largest absolute Gasteiger partial charge is 0.248 e. The Hall–Kier alpha value is -6.09. The van der Waals surface area contributed by atoms with Crippen LogP contribution in [0.25, 0.3) is 78.1 Å². The quantitative estimate of drug-likeness (QED) is 0.161. The van der Waals surface area contributed by atoms with Gasteiger partial charge in [0.25, 0.3) is 0 Å². The Labute approximate surface area is 301 Å². The Balaban J connectivity index is 1.02. The highest BCUT2D eigenvalue weighted by molar-refractivity contribution is 7.03. The molecule has 1 aliphatic rings. The summed E-state index contributed by atoms with van der Waals surface area (Å²) in [6.45, 7) is 4.97. The molecule has 2 heterocycles. The van der Waals surface area contributed by atoms with Gasteiger partial charge in [0.2, 0.25) is 0 Å². The molecule has 0 aliphatic carbocycles. The molecule has 7 aromatic carbocycles. The number of pyridine rings is 1. The molecule has 8 aromatic rings. The zero-order valence-corrected chi connectivity index (χ0v) is 29.8. The lowest BCUT2D eigenvalue weighted by atomic mass is 9.94. The third-order valence-corrected chi connectivity index (χ3v) is 14.0. The molecule has 0 saturated heterocycles. The zero-order chi connectivity index (χ0) is 34.4. The van der Waals surface area contributed by atoms with Crippen molar-refractivity contribution in [3.63, 3.8) is 0 Å². The zero-order valence-electron chi connectivity index (χ0n) is 28.8. The summed E-state index contributed by atoms with van der Waals surface area (Å²) in [6, 6.07) is 68.3. The summed E-state index contributed by atoms with van der Waals surface area (Å²) in [4.78, 5) is 5.06. The molecule has 0 saturated carbocycles. The molecule has 0 amide bonds. The number of hydrogen-bond donors (Lipinski definition) is 0. The van der Waals surface area contributed by atoms with Crippen molar-refractivity contribution >= 4 is 18.4 Å². The standard InChI is InChI=1S/C49H37NSi/c1-51(2)48-22-10-9-21-44(48)45-28-27-42(33-49(45)51)41-20-12-19-40(30-41)39-18-11-17-38(29-39)34-23-25-35(26-24-34)43-31-46(36-13-5-3-6-14-36)50-47(32-43)37-15-7-4-8-16-37/h3-33H,1-2H3. The lowest BCUT2D eigenvalue weighted by molar-refractivity contribution is 1.32. The van der Waals surface area contributed by atoms with Crippen molar-refractivity contribution in [2.24, 2.45) is 0 Å². The van der Waals surface area contributed by atoms with E-state index in [2.05, 4.69) is 189 Å². The Morgan fingerprint density at radius 3 is 1.27 bits per heavy atom. The van der Waals surface area contributed by atoms with Gasteiger partial charge in [-0.3, -0.25) is 0 Å². The van der Waals surface area contributed by atoms with Gasteiger partial charge in [0, 0.05) is 11.1 Å². The van der Waals surface area contributed by atoms with Gasteiger partial charge in [-0.2, -0.15) is 0 Å². The van der Waals surface area contributed by atoms with Crippen LogP contribution in [0.1, 0.15) is 0 Å². The first-order valence-corrected chi connectivity index (χ1v) is 20.7. The number of fused-ring (bicyclic) bond motifs is 3. The van der Waals surface area contributed by atoms with Crippen LogP contribution in [0.4, 0.5) is 0 Å². The van der Waals surface area contributed by atoms with Gasteiger partial charge in [0.05, 0.1) is 11.4 Å². The first kappa shape index (κ1) is 30.9. The van der Waals surface area contributed by atoms with Gasteiger partial charge in [-0.25, -0.2) is 4.98 Å². The maximum Gasteiger partial charge on any atom is 0.113 e. The fourth-order valence-corrected chi connectivity index (χ4v) is 10.8. The number of rotatable bonds is 6. The Kier molecular flexibility index (Phi) is 7.68. The smallest absolute Gasteiger partial charge is 0.113 e. The predicted octanol–water partition coefficient (Wildman–Crippen LogP) is 11.9. The van der Waals surface area contributed by atoms with Gasteiger partial charge < -0.3 is 0 Å². The topological polar surface area (TPSA) is 12.9 Å². The fraction of sp³-hybridized carbons (Fsp3) is 0.0408. The summed E-state index contributed by atoms with van der Waals surface area (Å²) in [7, 11) is -1.73. The highest BCUT2D eigenvalue weighted by Gasteiger charge is 2.37. The van der Waals surface area contributed by atoms with Crippen molar-refractivity contribution < 1.29 is 0 Å². The number of benzene rings is 7. The van der Waals surface area contributed by atoms with Crippen LogP contribution in [-0.4, -0.2) is 13.1 Å². The van der Waals surface area contributed by atoms with Crippen LogP contribution in [0.3, 0.4) is 0 Å². The monoisotopic (exact) mass is 667 g/mol. The minimum Gasteiger partial charge on any atom is -0.248 e. The van der Waals surface area contributed by atoms with E-state index in [9.17, 15) is 0 Å². The van der Waals surface area contributed by atoms with E-state index in [0.29, 0.717) is 0 Å². The molecule has 242 valence electrons. The van der Waals surface area contributed by atoms with Crippen LogP contribution in [-0.2, 0) is 0 Å². The van der Waals surface area contributed by atoms with E-state index < -0.39 is 8.07 Å². The summed E-state index contributed by atoms with van der Waals surface area (Å²) in [5.41, 5.74) is 16.7. The molecular formula is C49H37NSi. The molecule has 0 spiro atoms. The molecular weight excluding hydrogens is 631 g/mol. The third kappa shape index (κ3) is 5.74. The summed E-state index contributed by atoms with van der Waals surface area (Å²) in [5, 5.41) is 3.08. The lowest BCUT2D eigenvalue weighted by Gasteiger charge is -2.19. The van der Waals surface area contributed by atoms with E-state index in [4.69, 9.17) is 4.98 Å². The van der Waals surface area contributed by atoms with Crippen LogP contribution in [0.15, 0.2) is 188 Å². The van der Waals surface area contributed by atoms with E-state index in [0.717, 1.165) is 28.1 Å². The molecule has 0 atom stereocenters. The van der Waals surface area contributed by atoms with E-state index in [1.807, 2.05) is 12.1 Å². The van der Waals surface area contributed by atoms with Gasteiger partial charge >= 0.3 is 0 Å². The van der Waals surface area contributed by atoms with Gasteiger partial charge in [0.1, 0.15) is 8.07 Å². The Bertz CT molecular complexity index is 2470. The Morgan fingerprint density at radius 2 is 0.706 bits per heavy atom. The molecule has 0 N–H and O–H groups in total. The van der Waals surface area contributed by atoms with E-state index in [1.165, 1.54) is 55.3 Å². The van der Waals surface area contributed by atoms with Crippen molar-refractivity contribution in [3.05, 3.63) is 188 Å². The van der Waals surface area contributed by atoms with E-state index in [1.54, 1.807) is 5.19 Å². The molecule has 1 aliphatic heterocycles. The van der Waals surface area contributed by atoms with Crippen molar-refractivity contribution in [1.29, 1.82) is 0 Å². The van der Waals surface area contributed by atoms with Crippen LogP contribution < -0.4 is 10.4 Å². The van der Waals surface area contributed by atoms with Gasteiger partial charge in [-0.15, -0.1) is 0 Å². The molecule has 0 unspecified atom stereocenters. The van der Waals surface area contributed by atoms with Crippen LogP contribution >= 0.6 is 0 Å². The SMILES string of the molecule is C[Si]1(C)c2ccccc2-c2ccc(-c3cccc(-c4cccc(-c5ccc(-c6cc(-c7ccccc7)nc(-c7ccccc7)c6)cc5)c4)c3)cc21. The first-order chi connectivity index (χ1) is 25.0. The molecule has 9 rings (SSSR count). The average Bonchev–Trinajstić information content (AvgIpc) is 3.44. The Morgan fingerprint density at radius 1 is 0.294 bits per heavy atom. The van der Waals surface area contributed by atoms with Crippen molar-refractivity contribution in [1.82, 2.24) is 4.98 Å². The van der Waals surface area contributed by atoms with Crippen LogP contribution in [0.5, 0.6) is 0 Å². The molecule has 51 heavy (non-hydrogen) atoms. The second-order valence-electron chi connectivity index (χ2n) is 14.0. The van der Waals surface area contributed by atoms with Gasteiger partial charge in [-0.1, -0.05) is 177 Å². The van der Waals surface area contributed by atoms with Crippen LogP contribution in [0, 0.1) is 0 Å². The van der Waals surface area contributed by atoms with Gasteiger partial charge in [-0.05, 0) is 90.3 Å². The van der Waals surface area contributed by atoms with Crippen molar-refractivity contribution in [2.75, 3.05) is 0 Å². The summed E-state index contributed by atoms with van der Waals surface area (Å²) in [5.74, 6) is 0. The molecule has 2 heteroatoms. The molecule has 0 radical (unpaired) electrons. The molecule has 1 aromatic heterocycles. The summed E-state index contributed by atoms with van der Waals surface area (Å²) in [6.07, 6.45) is 0. The van der Waals surface area contributed by atoms with Crippen molar-refractivity contribution in [2.45, 2.75) is 13.1 Å². The van der Waals surface area contributed by atoms with E-state index in [-0.39, 0.29) is 0 Å². The molecule has 1 nitrogen and oxygen atoms in total. The highest BCUT2D eigenvalue weighted by atomic mass is 28.3. The highest BCUT2D eigenvalue weighted by Crippen LogP contribution is 2.35. The fourth-order valence-electron chi connectivity index (χ4n) is 7.71. The normalized spacial score (nSPS) is 12.7. The van der Waals surface area contributed by atoms with E-state index >= 15 is 0 Å². The molecule has 0 fully saturated rings. The van der Waals surface area contributed by atoms with Crippen LogP contribution in [0.2, 0.25) is 13.1 Å². The number of nitrogens with zero attached hydrogens (tertiary/aromatic N) is 1. The lowest BCUT2D eigenvalue weighted by Crippen LogP contribution is -2.49. The maximum atomic E-state index is 5.06. The van der Waals surface area contributed by atoms with Crippen molar-refractivity contribution in [3.8, 4) is 78.1 Å². The second kappa shape index (κ2) is 12.7. The van der Waals surface area contributed by atoms with Gasteiger partial charge in [0.15, 0.2) is 0 Å². The number of aromatic nitrogens is 1. The number of hydrogen-bond acceptors (Lipinski definition) is 1. The predicted molar refractivity (Wildman–Crippen MR) is 219 cm³/mol. The maximum absolute atomic E-state index is 5.06. The summed E-state index contributed by atoms with van der Waals surface area (Å²) < 4.78 is 0. The summed E-state index contributed by atoms with van der Waals surface area (Å²) >= 11 is 0.